The number of alkyl halides is 1. The first-order valence-corrected chi connectivity index (χ1v) is 8.46. The van der Waals surface area contributed by atoms with Crippen LogP contribution in [0.5, 0.6) is 0 Å². The van der Waals surface area contributed by atoms with Crippen molar-refractivity contribution in [1.29, 1.82) is 0 Å². The monoisotopic (exact) mass is 338 g/mol. The Kier molecular flexibility index (Phi) is 6.71. The summed E-state index contributed by atoms with van der Waals surface area (Å²) in [5, 5.41) is 0. The molecule has 0 radical (unpaired) electrons. The van der Waals surface area contributed by atoms with Crippen molar-refractivity contribution in [3.05, 3.63) is 35.9 Å². The molecule has 1 aromatic carbocycles. The van der Waals surface area contributed by atoms with Crippen molar-refractivity contribution in [2.24, 2.45) is 5.92 Å². The van der Waals surface area contributed by atoms with Crippen LogP contribution < -0.4 is 0 Å². The zero-order chi connectivity index (χ0) is 16.7. The number of likely N-dealkylation sites (tertiary alicyclic amines) is 1. The van der Waals surface area contributed by atoms with E-state index in [-0.39, 0.29) is 30.4 Å². The Morgan fingerprint density at radius 2 is 2.09 bits per heavy atom. The fraction of sp³-hybridized carbons (Fsp3) is 0.529. The molecule has 5 nitrogen and oxygen atoms in total. The number of rotatable bonds is 6. The first kappa shape index (κ1) is 17.6. The minimum Gasteiger partial charge on any atom is -0.445 e. The SMILES string of the molecule is CCN(C[C@H]1CCN(C(=O)CCl)C1)C(=O)OCc1ccccc1. The molecule has 0 saturated carbocycles. The first-order valence-electron chi connectivity index (χ1n) is 7.93. The smallest absolute Gasteiger partial charge is 0.410 e. The largest absolute Gasteiger partial charge is 0.445 e. The third-order valence-electron chi connectivity index (χ3n) is 4.08. The van der Waals surface area contributed by atoms with Crippen LogP contribution in [-0.4, -0.2) is 53.9 Å². The van der Waals surface area contributed by atoms with E-state index >= 15 is 0 Å². The van der Waals surface area contributed by atoms with E-state index in [1.807, 2.05) is 37.3 Å². The summed E-state index contributed by atoms with van der Waals surface area (Å²) in [4.78, 5) is 27.3. The maximum absolute atomic E-state index is 12.2. The molecular formula is C17H23ClN2O3. The first-order chi connectivity index (χ1) is 11.1. The number of hydrogen-bond acceptors (Lipinski definition) is 3. The number of benzene rings is 1. The van der Waals surface area contributed by atoms with Gasteiger partial charge in [0.25, 0.3) is 0 Å². The van der Waals surface area contributed by atoms with E-state index in [0.717, 1.165) is 12.0 Å². The summed E-state index contributed by atoms with van der Waals surface area (Å²) >= 11 is 5.59. The molecule has 1 aromatic rings. The van der Waals surface area contributed by atoms with Crippen LogP contribution in [0.1, 0.15) is 18.9 Å². The average molecular weight is 339 g/mol. The zero-order valence-corrected chi connectivity index (χ0v) is 14.2. The summed E-state index contributed by atoms with van der Waals surface area (Å²) in [6.45, 7) is 4.78. The second-order valence-corrected chi connectivity index (χ2v) is 5.97. The van der Waals surface area contributed by atoms with Gasteiger partial charge in [-0.05, 0) is 24.8 Å². The Morgan fingerprint density at radius 1 is 1.35 bits per heavy atom. The zero-order valence-electron chi connectivity index (χ0n) is 13.4. The fourth-order valence-electron chi connectivity index (χ4n) is 2.75. The van der Waals surface area contributed by atoms with E-state index in [1.54, 1.807) is 9.80 Å². The summed E-state index contributed by atoms with van der Waals surface area (Å²) in [5.74, 6) is 0.263. The molecule has 1 saturated heterocycles. The highest BCUT2D eigenvalue weighted by atomic mass is 35.5. The van der Waals surface area contributed by atoms with E-state index in [0.29, 0.717) is 26.2 Å². The van der Waals surface area contributed by atoms with E-state index in [4.69, 9.17) is 16.3 Å². The molecule has 1 heterocycles. The van der Waals surface area contributed by atoms with Crippen molar-refractivity contribution in [1.82, 2.24) is 9.80 Å². The van der Waals surface area contributed by atoms with Crippen molar-refractivity contribution >= 4 is 23.6 Å². The van der Waals surface area contributed by atoms with Gasteiger partial charge in [-0.2, -0.15) is 0 Å². The minimum atomic E-state index is -0.307. The van der Waals surface area contributed by atoms with Crippen LogP contribution in [0.25, 0.3) is 0 Å². The normalized spacial score (nSPS) is 17.1. The van der Waals surface area contributed by atoms with Gasteiger partial charge in [0.1, 0.15) is 12.5 Å². The Balaban J connectivity index is 1.80. The molecule has 0 bridgehead atoms. The molecule has 0 unspecified atom stereocenters. The highest BCUT2D eigenvalue weighted by Gasteiger charge is 2.28. The molecule has 0 aromatic heterocycles. The maximum Gasteiger partial charge on any atom is 0.410 e. The predicted molar refractivity (Wildman–Crippen MR) is 89.3 cm³/mol. The Morgan fingerprint density at radius 3 is 2.74 bits per heavy atom. The number of nitrogens with zero attached hydrogens (tertiary/aromatic N) is 2. The van der Waals surface area contributed by atoms with Gasteiger partial charge < -0.3 is 14.5 Å². The Labute approximate surface area is 142 Å². The van der Waals surface area contributed by atoms with Crippen LogP contribution in [0.3, 0.4) is 0 Å². The fourth-order valence-corrected chi connectivity index (χ4v) is 2.92. The molecule has 1 atom stereocenters. The van der Waals surface area contributed by atoms with E-state index in [1.165, 1.54) is 0 Å². The van der Waals surface area contributed by atoms with Crippen molar-refractivity contribution in [3.63, 3.8) is 0 Å². The van der Waals surface area contributed by atoms with Crippen molar-refractivity contribution in [2.75, 3.05) is 32.1 Å². The number of hydrogen-bond donors (Lipinski definition) is 0. The highest BCUT2D eigenvalue weighted by molar-refractivity contribution is 6.27. The van der Waals surface area contributed by atoms with Crippen LogP contribution in [0.15, 0.2) is 30.3 Å². The third kappa shape index (κ3) is 5.13. The molecule has 0 spiro atoms. The molecule has 2 rings (SSSR count). The number of amides is 2. The van der Waals surface area contributed by atoms with Crippen LogP contribution in [0.2, 0.25) is 0 Å². The van der Waals surface area contributed by atoms with Gasteiger partial charge in [-0.15, -0.1) is 11.6 Å². The molecule has 2 amide bonds. The van der Waals surface area contributed by atoms with Gasteiger partial charge in [0.2, 0.25) is 5.91 Å². The quantitative estimate of drug-likeness (QED) is 0.749. The van der Waals surface area contributed by atoms with Crippen molar-refractivity contribution in [3.8, 4) is 0 Å². The van der Waals surface area contributed by atoms with Gasteiger partial charge >= 0.3 is 6.09 Å². The molecule has 1 aliphatic heterocycles. The summed E-state index contributed by atoms with van der Waals surface area (Å²) in [7, 11) is 0. The second-order valence-electron chi connectivity index (χ2n) is 5.71. The number of carbonyl (C=O) groups is 2. The topological polar surface area (TPSA) is 49.9 Å². The minimum absolute atomic E-state index is 0.0172. The molecule has 0 N–H and O–H groups in total. The average Bonchev–Trinajstić information content (AvgIpc) is 3.06. The lowest BCUT2D eigenvalue weighted by Gasteiger charge is -2.24. The van der Waals surface area contributed by atoms with Gasteiger partial charge in [-0.3, -0.25) is 4.79 Å². The van der Waals surface area contributed by atoms with Gasteiger partial charge in [-0.1, -0.05) is 30.3 Å². The maximum atomic E-state index is 12.2. The summed E-state index contributed by atoms with van der Waals surface area (Å²) in [6, 6.07) is 9.62. The lowest BCUT2D eigenvalue weighted by molar-refractivity contribution is -0.127. The lowest BCUT2D eigenvalue weighted by Crippen LogP contribution is -2.37. The number of ether oxygens (including phenoxy) is 1. The summed E-state index contributed by atoms with van der Waals surface area (Å²) < 4.78 is 5.37. The molecular weight excluding hydrogens is 316 g/mol. The molecule has 6 heteroatoms. The van der Waals surface area contributed by atoms with Gasteiger partial charge in [0.05, 0.1) is 0 Å². The van der Waals surface area contributed by atoms with Gasteiger partial charge in [0, 0.05) is 26.2 Å². The lowest BCUT2D eigenvalue weighted by atomic mass is 10.1. The van der Waals surface area contributed by atoms with Crippen LogP contribution >= 0.6 is 11.6 Å². The van der Waals surface area contributed by atoms with Gasteiger partial charge in [-0.25, -0.2) is 4.79 Å². The standard InChI is InChI=1S/C17H23ClN2O3/c1-2-19(11-15-8-9-20(12-15)16(21)10-18)17(22)23-13-14-6-4-3-5-7-14/h3-7,15H,2,8-13H2,1H3/t15-/m1/s1. The number of carbonyl (C=O) groups excluding carboxylic acids is 2. The number of halogens is 1. The van der Waals surface area contributed by atoms with Crippen LogP contribution in [-0.2, 0) is 16.1 Å². The predicted octanol–water partition coefficient (Wildman–Crippen LogP) is 2.73. The third-order valence-corrected chi connectivity index (χ3v) is 4.31. The van der Waals surface area contributed by atoms with Crippen LogP contribution in [0, 0.1) is 5.92 Å². The van der Waals surface area contributed by atoms with E-state index < -0.39 is 0 Å². The molecule has 23 heavy (non-hydrogen) atoms. The summed E-state index contributed by atoms with van der Waals surface area (Å²) in [6.07, 6.45) is 0.587. The highest BCUT2D eigenvalue weighted by Crippen LogP contribution is 2.18. The van der Waals surface area contributed by atoms with Crippen molar-refractivity contribution in [2.45, 2.75) is 20.0 Å². The van der Waals surface area contributed by atoms with Crippen LogP contribution in [0.4, 0.5) is 4.79 Å². The van der Waals surface area contributed by atoms with Gasteiger partial charge in [0.15, 0.2) is 0 Å². The van der Waals surface area contributed by atoms with E-state index in [9.17, 15) is 9.59 Å². The molecule has 126 valence electrons. The summed E-state index contributed by atoms with van der Waals surface area (Å²) in [5.41, 5.74) is 0.969. The second kappa shape index (κ2) is 8.77. The Bertz CT molecular complexity index is 524. The van der Waals surface area contributed by atoms with Crippen molar-refractivity contribution < 1.29 is 14.3 Å². The molecule has 1 aliphatic rings. The Hall–Kier alpha value is -1.75. The van der Waals surface area contributed by atoms with E-state index in [2.05, 4.69) is 0 Å². The molecule has 0 aliphatic carbocycles. The molecule has 1 fully saturated rings.